The third-order valence-corrected chi connectivity index (χ3v) is 3.72. The SMILES string of the molecule is CC(O)(c1ccccc1)c1cc(Cl)ccc1NC(=O)CCl. The summed E-state index contributed by atoms with van der Waals surface area (Å²) in [6.45, 7) is 1.66. The zero-order valence-electron chi connectivity index (χ0n) is 11.4. The highest BCUT2D eigenvalue weighted by Crippen LogP contribution is 2.35. The average molecular weight is 324 g/mol. The van der Waals surface area contributed by atoms with Crippen LogP contribution in [-0.4, -0.2) is 16.9 Å². The van der Waals surface area contributed by atoms with E-state index in [9.17, 15) is 9.90 Å². The van der Waals surface area contributed by atoms with Gasteiger partial charge in [0.05, 0.1) is 0 Å². The number of carbonyl (C=O) groups excluding carboxylic acids is 1. The molecule has 3 nitrogen and oxygen atoms in total. The van der Waals surface area contributed by atoms with Crippen molar-refractivity contribution in [2.24, 2.45) is 0 Å². The van der Waals surface area contributed by atoms with Crippen molar-refractivity contribution >= 4 is 34.8 Å². The van der Waals surface area contributed by atoms with Crippen LogP contribution in [0.25, 0.3) is 0 Å². The van der Waals surface area contributed by atoms with Gasteiger partial charge in [-0.25, -0.2) is 0 Å². The topological polar surface area (TPSA) is 49.3 Å². The van der Waals surface area contributed by atoms with Crippen LogP contribution in [0.3, 0.4) is 0 Å². The number of hydrogen-bond donors (Lipinski definition) is 2. The first-order chi connectivity index (χ1) is 9.95. The van der Waals surface area contributed by atoms with Crippen LogP contribution in [0.1, 0.15) is 18.1 Å². The number of alkyl halides is 1. The summed E-state index contributed by atoms with van der Waals surface area (Å²) in [5.41, 5.74) is 0.411. The first-order valence-electron chi connectivity index (χ1n) is 6.39. The van der Waals surface area contributed by atoms with Gasteiger partial charge in [-0.3, -0.25) is 4.79 Å². The number of rotatable bonds is 4. The smallest absolute Gasteiger partial charge is 0.239 e. The van der Waals surface area contributed by atoms with Gasteiger partial charge >= 0.3 is 0 Å². The molecule has 0 spiro atoms. The maximum atomic E-state index is 11.5. The number of aliphatic hydroxyl groups is 1. The van der Waals surface area contributed by atoms with Gasteiger partial charge in [0.1, 0.15) is 11.5 Å². The van der Waals surface area contributed by atoms with E-state index in [1.54, 1.807) is 25.1 Å². The van der Waals surface area contributed by atoms with Crippen LogP contribution in [0.4, 0.5) is 5.69 Å². The van der Waals surface area contributed by atoms with Crippen molar-refractivity contribution < 1.29 is 9.90 Å². The standard InChI is InChI=1S/C16H15Cl2NO2/c1-16(21,11-5-3-2-4-6-11)13-9-12(18)7-8-14(13)19-15(20)10-17/h2-9,21H,10H2,1H3,(H,19,20). The van der Waals surface area contributed by atoms with Gasteiger partial charge in [-0.2, -0.15) is 0 Å². The van der Waals surface area contributed by atoms with E-state index in [1.807, 2.05) is 30.3 Å². The van der Waals surface area contributed by atoms with E-state index in [2.05, 4.69) is 5.32 Å². The van der Waals surface area contributed by atoms with Crippen molar-refractivity contribution in [3.8, 4) is 0 Å². The molecule has 0 saturated heterocycles. The second-order valence-electron chi connectivity index (χ2n) is 4.81. The van der Waals surface area contributed by atoms with Crippen molar-refractivity contribution in [1.82, 2.24) is 0 Å². The van der Waals surface area contributed by atoms with Crippen LogP contribution in [-0.2, 0) is 10.4 Å². The lowest BCUT2D eigenvalue weighted by atomic mass is 9.87. The molecule has 0 aliphatic rings. The summed E-state index contributed by atoms with van der Waals surface area (Å²) in [5.74, 6) is -0.501. The Morgan fingerprint density at radius 3 is 2.52 bits per heavy atom. The van der Waals surface area contributed by atoms with Crippen LogP contribution >= 0.6 is 23.2 Å². The van der Waals surface area contributed by atoms with Gasteiger partial charge in [0, 0.05) is 16.3 Å². The highest BCUT2D eigenvalue weighted by molar-refractivity contribution is 6.31. The first kappa shape index (κ1) is 15.8. The minimum Gasteiger partial charge on any atom is -0.381 e. The predicted molar refractivity (Wildman–Crippen MR) is 85.9 cm³/mol. The van der Waals surface area contributed by atoms with Crippen LogP contribution in [0.15, 0.2) is 48.5 Å². The zero-order chi connectivity index (χ0) is 15.5. The fourth-order valence-electron chi connectivity index (χ4n) is 2.13. The third-order valence-electron chi connectivity index (χ3n) is 3.24. The fraction of sp³-hybridized carbons (Fsp3) is 0.188. The Labute approximate surface area is 133 Å². The lowest BCUT2D eigenvalue weighted by molar-refractivity contribution is -0.113. The minimum atomic E-state index is -1.29. The molecule has 0 aliphatic heterocycles. The van der Waals surface area contributed by atoms with E-state index >= 15 is 0 Å². The van der Waals surface area contributed by atoms with E-state index < -0.39 is 5.60 Å². The molecule has 0 aliphatic carbocycles. The van der Waals surface area contributed by atoms with Gasteiger partial charge in [-0.15, -0.1) is 11.6 Å². The van der Waals surface area contributed by atoms with Crippen molar-refractivity contribution in [2.45, 2.75) is 12.5 Å². The maximum absolute atomic E-state index is 11.5. The predicted octanol–water partition coefficient (Wildman–Crippen LogP) is 3.77. The summed E-state index contributed by atoms with van der Waals surface area (Å²) in [4.78, 5) is 11.5. The Morgan fingerprint density at radius 2 is 1.90 bits per heavy atom. The third kappa shape index (κ3) is 3.56. The molecule has 2 rings (SSSR count). The maximum Gasteiger partial charge on any atom is 0.239 e. The molecular weight excluding hydrogens is 309 g/mol. The number of nitrogens with one attached hydrogen (secondary N) is 1. The summed E-state index contributed by atoms with van der Waals surface area (Å²) in [5, 5.41) is 14.1. The fourth-order valence-corrected chi connectivity index (χ4v) is 2.37. The Balaban J connectivity index is 2.51. The van der Waals surface area contributed by atoms with Gasteiger partial charge in [0.25, 0.3) is 0 Å². The summed E-state index contributed by atoms with van der Waals surface area (Å²) in [6.07, 6.45) is 0. The highest BCUT2D eigenvalue weighted by atomic mass is 35.5. The van der Waals surface area contributed by atoms with Crippen molar-refractivity contribution in [3.05, 3.63) is 64.7 Å². The molecule has 110 valence electrons. The molecule has 0 bridgehead atoms. The van der Waals surface area contributed by atoms with Crippen LogP contribution < -0.4 is 5.32 Å². The lowest BCUT2D eigenvalue weighted by Gasteiger charge is -2.27. The van der Waals surface area contributed by atoms with E-state index in [-0.39, 0.29) is 11.8 Å². The number of benzene rings is 2. The van der Waals surface area contributed by atoms with Crippen molar-refractivity contribution in [2.75, 3.05) is 11.2 Å². The molecule has 2 N–H and O–H groups in total. The van der Waals surface area contributed by atoms with E-state index in [1.165, 1.54) is 0 Å². The normalized spacial score (nSPS) is 13.5. The van der Waals surface area contributed by atoms with E-state index in [4.69, 9.17) is 23.2 Å². The molecule has 0 saturated carbocycles. The molecule has 1 atom stereocenters. The molecule has 1 unspecified atom stereocenters. The summed E-state index contributed by atoms with van der Waals surface area (Å²) < 4.78 is 0. The molecule has 0 radical (unpaired) electrons. The zero-order valence-corrected chi connectivity index (χ0v) is 12.9. The Bertz CT molecular complexity index is 642. The number of anilines is 1. The largest absolute Gasteiger partial charge is 0.381 e. The number of hydrogen-bond acceptors (Lipinski definition) is 2. The second-order valence-corrected chi connectivity index (χ2v) is 5.51. The summed E-state index contributed by atoms with van der Waals surface area (Å²) in [7, 11) is 0. The van der Waals surface area contributed by atoms with Gasteiger partial charge in [-0.05, 0) is 30.7 Å². The van der Waals surface area contributed by atoms with Gasteiger partial charge in [0.2, 0.25) is 5.91 Å². The van der Waals surface area contributed by atoms with Crippen LogP contribution in [0.2, 0.25) is 5.02 Å². The van der Waals surface area contributed by atoms with Gasteiger partial charge in [0.15, 0.2) is 0 Å². The lowest BCUT2D eigenvalue weighted by Crippen LogP contribution is -2.25. The highest BCUT2D eigenvalue weighted by Gasteiger charge is 2.29. The van der Waals surface area contributed by atoms with E-state index in [0.29, 0.717) is 21.8 Å². The van der Waals surface area contributed by atoms with Crippen molar-refractivity contribution in [3.63, 3.8) is 0 Å². The molecule has 5 heteroatoms. The molecule has 2 aromatic carbocycles. The monoisotopic (exact) mass is 323 g/mol. The van der Waals surface area contributed by atoms with Crippen LogP contribution in [0.5, 0.6) is 0 Å². The van der Waals surface area contributed by atoms with Crippen molar-refractivity contribution in [1.29, 1.82) is 0 Å². The molecular formula is C16H15Cl2NO2. The molecule has 21 heavy (non-hydrogen) atoms. The summed E-state index contributed by atoms with van der Waals surface area (Å²) in [6, 6.07) is 14.1. The van der Waals surface area contributed by atoms with Crippen LogP contribution in [0, 0.1) is 0 Å². The Morgan fingerprint density at radius 1 is 1.24 bits per heavy atom. The first-order valence-corrected chi connectivity index (χ1v) is 7.30. The molecule has 0 aromatic heterocycles. The minimum absolute atomic E-state index is 0.157. The number of halogens is 2. The summed E-state index contributed by atoms with van der Waals surface area (Å²) >= 11 is 11.5. The Hall–Kier alpha value is -1.55. The van der Waals surface area contributed by atoms with Gasteiger partial charge in [-0.1, -0.05) is 41.9 Å². The second kappa shape index (κ2) is 6.48. The molecule has 2 aromatic rings. The quantitative estimate of drug-likeness (QED) is 0.841. The van der Waals surface area contributed by atoms with E-state index in [0.717, 1.165) is 0 Å². The van der Waals surface area contributed by atoms with Gasteiger partial charge < -0.3 is 10.4 Å². The molecule has 0 heterocycles. The Kier molecular flexibility index (Phi) is 4.88. The number of carbonyl (C=O) groups is 1. The molecule has 0 fully saturated rings. The average Bonchev–Trinajstić information content (AvgIpc) is 2.49. The molecule has 1 amide bonds. The number of amides is 1.